The molecule has 43 valence electrons. The van der Waals surface area contributed by atoms with Gasteiger partial charge in [-0.1, -0.05) is 5.16 Å². The van der Waals surface area contributed by atoms with Crippen molar-refractivity contribution >= 4 is 0 Å². The maximum absolute atomic E-state index is 11.5. The molecule has 0 N–H and O–H groups in total. The van der Waals surface area contributed by atoms with Crippen molar-refractivity contribution in [2.75, 3.05) is 0 Å². The fraction of sp³-hybridized carbons (Fsp3) is 0.250. The largest absolute Gasteiger partial charge is 0.364 e. The molecule has 8 heavy (non-hydrogen) atoms. The Morgan fingerprint density at radius 3 is 2.75 bits per heavy atom. The summed E-state index contributed by atoms with van der Waals surface area (Å²) >= 11 is 0. The Balaban J connectivity index is 2.77. The van der Waals surface area contributed by atoms with Gasteiger partial charge in [-0.05, 0) is 0 Å². The molecule has 0 aromatic carbocycles. The lowest BCUT2D eigenvalue weighted by Gasteiger charge is -1.84. The minimum atomic E-state index is -2.53. The highest BCUT2D eigenvalue weighted by atomic mass is 19.3. The molecule has 0 aliphatic rings. The molecule has 0 spiro atoms. The van der Waals surface area contributed by atoms with E-state index < -0.39 is 6.43 Å². The summed E-state index contributed by atoms with van der Waals surface area (Å²) in [7, 11) is 0. The van der Waals surface area contributed by atoms with Gasteiger partial charge in [0.2, 0.25) is 0 Å². The van der Waals surface area contributed by atoms with Crippen LogP contribution in [0.4, 0.5) is 8.78 Å². The van der Waals surface area contributed by atoms with Crippen LogP contribution >= 0.6 is 0 Å². The maximum atomic E-state index is 11.5. The van der Waals surface area contributed by atoms with E-state index in [1.807, 2.05) is 6.20 Å². The first-order valence-corrected chi connectivity index (χ1v) is 1.91. The van der Waals surface area contributed by atoms with Crippen molar-refractivity contribution in [1.29, 1.82) is 0 Å². The molecule has 0 bridgehead atoms. The third-order valence-electron chi connectivity index (χ3n) is 0.642. The van der Waals surface area contributed by atoms with Crippen LogP contribution in [0.5, 0.6) is 0 Å². The fourth-order valence-corrected chi connectivity index (χ4v) is 0.289. The summed E-state index contributed by atoms with van der Waals surface area (Å²) in [6, 6.07) is 0. The molecule has 1 aromatic heterocycles. The van der Waals surface area contributed by atoms with E-state index in [0.717, 1.165) is 6.26 Å². The van der Waals surface area contributed by atoms with Crippen molar-refractivity contribution in [3.63, 3.8) is 0 Å². The zero-order valence-electron chi connectivity index (χ0n) is 3.77. The van der Waals surface area contributed by atoms with Crippen LogP contribution in [0.25, 0.3) is 0 Å². The average Bonchev–Trinajstić information content (AvgIpc) is 2.12. The summed E-state index contributed by atoms with van der Waals surface area (Å²) in [4.78, 5) is 0. The molecule has 0 fully saturated rings. The summed E-state index contributed by atoms with van der Waals surface area (Å²) in [5, 5.41) is 2.96. The molecular weight excluding hydrogens is 116 g/mol. The summed E-state index contributed by atoms with van der Waals surface area (Å²) in [5.41, 5.74) is -0.301. The van der Waals surface area contributed by atoms with E-state index >= 15 is 0 Å². The Hall–Kier alpha value is -0.930. The van der Waals surface area contributed by atoms with E-state index in [0.29, 0.717) is 0 Å². The first-order chi connectivity index (χ1) is 3.80. The monoisotopic (exact) mass is 118 g/mol. The number of halogens is 2. The molecule has 0 saturated heterocycles. The molecule has 4 heteroatoms. The van der Waals surface area contributed by atoms with Crippen LogP contribution < -0.4 is 0 Å². The first-order valence-electron chi connectivity index (χ1n) is 1.91. The summed E-state index contributed by atoms with van der Waals surface area (Å²) in [6.07, 6.45) is 0.309. The van der Waals surface area contributed by atoms with Gasteiger partial charge in [-0.25, -0.2) is 8.78 Å². The molecule has 1 aromatic rings. The Kier molecular flexibility index (Phi) is 1.24. The second kappa shape index (κ2) is 1.90. The number of nitrogens with zero attached hydrogens (tertiary/aromatic N) is 1. The van der Waals surface area contributed by atoms with Crippen LogP contribution in [0.15, 0.2) is 10.8 Å². The van der Waals surface area contributed by atoms with E-state index in [1.54, 1.807) is 0 Å². The minimum Gasteiger partial charge on any atom is -0.364 e. The minimum absolute atomic E-state index is 0.301. The van der Waals surface area contributed by atoms with Gasteiger partial charge in [0.1, 0.15) is 12.5 Å². The zero-order chi connectivity index (χ0) is 5.98. The Bertz CT molecular complexity index is 149. The van der Waals surface area contributed by atoms with Crippen LogP contribution in [0.3, 0.4) is 0 Å². The van der Waals surface area contributed by atoms with Crippen molar-refractivity contribution in [3.05, 3.63) is 18.0 Å². The lowest BCUT2D eigenvalue weighted by Crippen LogP contribution is -1.75. The lowest BCUT2D eigenvalue weighted by atomic mass is 10.4. The van der Waals surface area contributed by atoms with Crippen molar-refractivity contribution in [2.45, 2.75) is 6.43 Å². The Labute approximate surface area is 44.1 Å². The Morgan fingerprint density at radius 2 is 2.50 bits per heavy atom. The van der Waals surface area contributed by atoms with Gasteiger partial charge >= 0.3 is 0 Å². The molecule has 0 unspecified atom stereocenters. The molecule has 1 radical (unpaired) electrons. The molecule has 0 amide bonds. The van der Waals surface area contributed by atoms with Crippen LogP contribution in [0.2, 0.25) is 0 Å². The third-order valence-corrected chi connectivity index (χ3v) is 0.642. The quantitative estimate of drug-likeness (QED) is 0.557. The summed E-state index contributed by atoms with van der Waals surface area (Å²) in [6.45, 7) is 0. The van der Waals surface area contributed by atoms with Gasteiger partial charge in [0.25, 0.3) is 6.43 Å². The zero-order valence-corrected chi connectivity index (χ0v) is 3.77. The smallest absolute Gasteiger partial charge is 0.269 e. The molecule has 0 aliphatic heterocycles. The third kappa shape index (κ3) is 0.828. The second-order valence-corrected chi connectivity index (χ2v) is 1.18. The van der Waals surface area contributed by atoms with E-state index in [2.05, 4.69) is 9.68 Å². The molecule has 0 saturated carbocycles. The van der Waals surface area contributed by atoms with Gasteiger partial charge in [0.05, 0.1) is 5.56 Å². The maximum Gasteiger partial charge on any atom is 0.269 e. The van der Waals surface area contributed by atoms with E-state index in [9.17, 15) is 8.78 Å². The Morgan fingerprint density at radius 1 is 1.75 bits per heavy atom. The summed E-state index contributed by atoms with van der Waals surface area (Å²) < 4.78 is 27.0. The first kappa shape index (κ1) is 5.21. The SMILES string of the molecule is FC(F)c1[c]noc1. The highest BCUT2D eigenvalue weighted by molar-refractivity contribution is 4.99. The predicted octanol–water partition coefficient (Wildman–Crippen LogP) is 1.41. The van der Waals surface area contributed by atoms with Crippen molar-refractivity contribution in [1.82, 2.24) is 5.16 Å². The normalized spacial score (nSPS) is 10.4. The summed E-state index contributed by atoms with van der Waals surface area (Å²) in [5.74, 6) is 0. The number of aromatic nitrogens is 1. The van der Waals surface area contributed by atoms with E-state index in [4.69, 9.17) is 0 Å². The van der Waals surface area contributed by atoms with Gasteiger partial charge in [0.15, 0.2) is 0 Å². The van der Waals surface area contributed by atoms with Gasteiger partial charge in [-0.3, -0.25) is 0 Å². The highest BCUT2D eigenvalue weighted by Crippen LogP contribution is 2.15. The van der Waals surface area contributed by atoms with Gasteiger partial charge in [-0.2, -0.15) is 0 Å². The van der Waals surface area contributed by atoms with E-state index in [1.165, 1.54) is 0 Å². The number of alkyl halides is 2. The lowest BCUT2D eigenvalue weighted by molar-refractivity contribution is 0.150. The van der Waals surface area contributed by atoms with Crippen LogP contribution in [-0.4, -0.2) is 5.16 Å². The predicted molar refractivity (Wildman–Crippen MR) is 20.3 cm³/mol. The average molecular weight is 118 g/mol. The highest BCUT2D eigenvalue weighted by Gasteiger charge is 2.07. The van der Waals surface area contributed by atoms with Gasteiger partial charge in [0, 0.05) is 0 Å². The number of hydrogen-bond acceptors (Lipinski definition) is 2. The van der Waals surface area contributed by atoms with Crippen molar-refractivity contribution < 1.29 is 13.3 Å². The van der Waals surface area contributed by atoms with Gasteiger partial charge in [-0.15, -0.1) is 0 Å². The van der Waals surface area contributed by atoms with Crippen LogP contribution in [0.1, 0.15) is 12.0 Å². The molecule has 0 aliphatic carbocycles. The number of hydrogen-bond donors (Lipinski definition) is 0. The molecule has 0 atom stereocenters. The molecular formula is C4H2F2NO. The molecule has 1 rings (SSSR count). The van der Waals surface area contributed by atoms with E-state index in [-0.39, 0.29) is 5.56 Å². The van der Waals surface area contributed by atoms with Crippen LogP contribution in [0, 0.1) is 6.20 Å². The fourth-order valence-electron chi connectivity index (χ4n) is 0.289. The topological polar surface area (TPSA) is 26.0 Å². The number of rotatable bonds is 1. The van der Waals surface area contributed by atoms with Crippen molar-refractivity contribution in [2.24, 2.45) is 0 Å². The van der Waals surface area contributed by atoms with Gasteiger partial charge < -0.3 is 4.52 Å². The molecule has 1 heterocycles. The molecule has 2 nitrogen and oxygen atoms in total. The van der Waals surface area contributed by atoms with Crippen LogP contribution in [-0.2, 0) is 0 Å². The standard InChI is InChI=1S/C4H2F2NO/c5-4(6)3-1-7-8-2-3/h2,4H. The second-order valence-electron chi connectivity index (χ2n) is 1.18. The van der Waals surface area contributed by atoms with Crippen molar-refractivity contribution in [3.8, 4) is 0 Å².